The first-order valence-corrected chi connectivity index (χ1v) is 11.3. The summed E-state index contributed by atoms with van der Waals surface area (Å²) < 4.78 is 13.2. The van der Waals surface area contributed by atoms with E-state index in [1.807, 2.05) is 44.2 Å². The number of hydrogen-bond donors (Lipinski definition) is 2. The molecule has 4 rings (SSSR count). The van der Waals surface area contributed by atoms with Crippen LogP contribution in [0.2, 0.25) is 0 Å². The molecule has 4 aromatic rings. The molecule has 2 N–H and O–H groups in total. The van der Waals surface area contributed by atoms with Crippen LogP contribution >= 0.6 is 0 Å². The highest BCUT2D eigenvalue weighted by Gasteiger charge is 2.15. The lowest BCUT2D eigenvalue weighted by molar-refractivity contribution is -0.123. The van der Waals surface area contributed by atoms with Gasteiger partial charge in [0.1, 0.15) is 0 Å². The fourth-order valence-electron chi connectivity index (χ4n) is 4.11. The van der Waals surface area contributed by atoms with E-state index in [0.29, 0.717) is 22.7 Å². The Labute approximate surface area is 198 Å². The SMILES string of the molecule is CCn1c2ccccc2c2cc(NC(=O)c3ccc(OCC(=O)NC(C)C)c(OC)c3)ccc21. The van der Waals surface area contributed by atoms with E-state index in [2.05, 4.69) is 34.3 Å². The highest BCUT2D eigenvalue weighted by molar-refractivity contribution is 6.11. The fraction of sp³-hybridized carbons (Fsp3) is 0.259. The molecule has 0 saturated heterocycles. The molecular weight excluding hydrogens is 430 g/mol. The van der Waals surface area contributed by atoms with Crippen LogP contribution in [0.4, 0.5) is 5.69 Å². The second-order valence-corrected chi connectivity index (χ2v) is 8.32. The van der Waals surface area contributed by atoms with Crippen LogP contribution in [0.15, 0.2) is 60.7 Å². The van der Waals surface area contributed by atoms with E-state index in [-0.39, 0.29) is 24.5 Å². The summed E-state index contributed by atoms with van der Waals surface area (Å²) in [4.78, 5) is 24.8. The summed E-state index contributed by atoms with van der Waals surface area (Å²) in [6, 6.07) is 19.1. The highest BCUT2D eigenvalue weighted by atomic mass is 16.5. The minimum absolute atomic E-state index is 0.0295. The number of amides is 2. The van der Waals surface area contributed by atoms with Crippen molar-refractivity contribution in [3.63, 3.8) is 0 Å². The van der Waals surface area contributed by atoms with Crippen molar-refractivity contribution in [1.82, 2.24) is 9.88 Å². The molecule has 34 heavy (non-hydrogen) atoms. The largest absolute Gasteiger partial charge is 0.493 e. The van der Waals surface area contributed by atoms with Gasteiger partial charge in [-0.2, -0.15) is 0 Å². The van der Waals surface area contributed by atoms with E-state index in [0.717, 1.165) is 22.8 Å². The van der Waals surface area contributed by atoms with Crippen molar-refractivity contribution in [3.8, 4) is 11.5 Å². The van der Waals surface area contributed by atoms with Crippen LogP contribution in [-0.2, 0) is 11.3 Å². The molecule has 0 aliphatic heterocycles. The molecule has 2 amide bonds. The van der Waals surface area contributed by atoms with E-state index in [1.54, 1.807) is 18.2 Å². The summed E-state index contributed by atoms with van der Waals surface area (Å²) in [6.07, 6.45) is 0. The Bertz CT molecular complexity index is 1360. The van der Waals surface area contributed by atoms with Crippen LogP contribution in [0, 0.1) is 0 Å². The zero-order valence-corrected chi connectivity index (χ0v) is 19.8. The second-order valence-electron chi connectivity index (χ2n) is 8.32. The highest BCUT2D eigenvalue weighted by Crippen LogP contribution is 2.32. The predicted octanol–water partition coefficient (Wildman–Crippen LogP) is 4.98. The molecule has 176 valence electrons. The number of aryl methyl sites for hydroxylation is 1. The van der Waals surface area contributed by atoms with Gasteiger partial charge in [-0.05, 0) is 63.2 Å². The monoisotopic (exact) mass is 459 g/mol. The molecule has 0 spiro atoms. The average molecular weight is 460 g/mol. The van der Waals surface area contributed by atoms with Gasteiger partial charge < -0.3 is 24.7 Å². The van der Waals surface area contributed by atoms with Gasteiger partial charge in [0, 0.05) is 45.6 Å². The van der Waals surface area contributed by atoms with Crippen molar-refractivity contribution in [1.29, 1.82) is 0 Å². The Balaban J connectivity index is 1.54. The predicted molar refractivity (Wildman–Crippen MR) is 135 cm³/mol. The van der Waals surface area contributed by atoms with E-state index in [4.69, 9.17) is 9.47 Å². The minimum atomic E-state index is -0.263. The molecule has 7 nitrogen and oxygen atoms in total. The molecule has 1 heterocycles. The van der Waals surface area contributed by atoms with Gasteiger partial charge >= 0.3 is 0 Å². The number of carbonyl (C=O) groups is 2. The normalized spacial score (nSPS) is 11.1. The van der Waals surface area contributed by atoms with Crippen molar-refractivity contribution in [2.24, 2.45) is 0 Å². The van der Waals surface area contributed by atoms with Gasteiger partial charge in [-0.15, -0.1) is 0 Å². The average Bonchev–Trinajstić information content (AvgIpc) is 3.15. The van der Waals surface area contributed by atoms with Crippen molar-refractivity contribution in [2.75, 3.05) is 19.0 Å². The first-order valence-electron chi connectivity index (χ1n) is 11.3. The van der Waals surface area contributed by atoms with E-state index in [1.165, 1.54) is 12.6 Å². The second kappa shape index (κ2) is 9.87. The summed E-state index contributed by atoms with van der Waals surface area (Å²) in [5.74, 6) is 0.290. The lowest BCUT2D eigenvalue weighted by Gasteiger charge is -2.13. The van der Waals surface area contributed by atoms with Crippen LogP contribution < -0.4 is 20.1 Å². The Morgan fingerprint density at radius 1 is 0.941 bits per heavy atom. The van der Waals surface area contributed by atoms with Crippen molar-refractivity contribution < 1.29 is 19.1 Å². The molecular formula is C27H29N3O4. The maximum atomic E-state index is 13.0. The summed E-state index contributed by atoms with van der Waals surface area (Å²) in [5.41, 5.74) is 3.44. The Hall–Kier alpha value is -4.00. The number of rotatable bonds is 8. The number of para-hydroxylation sites is 1. The van der Waals surface area contributed by atoms with Crippen molar-refractivity contribution in [2.45, 2.75) is 33.4 Å². The van der Waals surface area contributed by atoms with Crippen LogP contribution in [0.3, 0.4) is 0 Å². The molecule has 0 bridgehead atoms. The zero-order chi connectivity index (χ0) is 24.2. The number of nitrogens with zero attached hydrogens (tertiary/aromatic N) is 1. The number of benzene rings is 3. The molecule has 0 aliphatic carbocycles. The lowest BCUT2D eigenvalue weighted by atomic mass is 10.1. The molecule has 0 saturated carbocycles. The number of carbonyl (C=O) groups excluding carboxylic acids is 2. The Kier molecular flexibility index (Phi) is 6.72. The molecule has 0 fully saturated rings. The first kappa shape index (κ1) is 23.2. The molecule has 0 unspecified atom stereocenters. The van der Waals surface area contributed by atoms with Gasteiger partial charge in [0.05, 0.1) is 7.11 Å². The summed E-state index contributed by atoms with van der Waals surface area (Å²) in [6.45, 7) is 6.62. The molecule has 1 aromatic heterocycles. The van der Waals surface area contributed by atoms with E-state index < -0.39 is 0 Å². The van der Waals surface area contributed by atoms with Gasteiger partial charge in [0.2, 0.25) is 0 Å². The van der Waals surface area contributed by atoms with Gasteiger partial charge in [-0.1, -0.05) is 18.2 Å². The van der Waals surface area contributed by atoms with Gasteiger partial charge in [0.25, 0.3) is 11.8 Å². The van der Waals surface area contributed by atoms with Crippen LogP contribution in [-0.4, -0.2) is 36.1 Å². The topological polar surface area (TPSA) is 81.6 Å². The van der Waals surface area contributed by atoms with Crippen LogP contribution in [0.1, 0.15) is 31.1 Å². The van der Waals surface area contributed by atoms with Crippen molar-refractivity contribution >= 4 is 39.3 Å². The summed E-state index contributed by atoms with van der Waals surface area (Å²) in [5, 5.41) is 7.99. The number of aromatic nitrogens is 1. The number of nitrogens with one attached hydrogen (secondary N) is 2. The maximum Gasteiger partial charge on any atom is 0.258 e. The molecule has 0 radical (unpaired) electrons. The quantitative estimate of drug-likeness (QED) is 0.389. The van der Waals surface area contributed by atoms with Crippen molar-refractivity contribution in [3.05, 3.63) is 66.2 Å². The molecule has 0 atom stereocenters. The van der Waals surface area contributed by atoms with Crippen LogP contribution in [0.5, 0.6) is 11.5 Å². The third-order valence-electron chi connectivity index (χ3n) is 5.58. The van der Waals surface area contributed by atoms with Crippen LogP contribution in [0.25, 0.3) is 21.8 Å². The lowest BCUT2D eigenvalue weighted by Crippen LogP contribution is -2.34. The number of methoxy groups -OCH3 is 1. The smallest absolute Gasteiger partial charge is 0.258 e. The zero-order valence-electron chi connectivity index (χ0n) is 19.8. The number of ether oxygens (including phenoxy) is 2. The third-order valence-corrected chi connectivity index (χ3v) is 5.58. The third kappa shape index (κ3) is 4.69. The Morgan fingerprint density at radius 3 is 2.44 bits per heavy atom. The van der Waals surface area contributed by atoms with E-state index >= 15 is 0 Å². The molecule has 7 heteroatoms. The van der Waals surface area contributed by atoms with Gasteiger partial charge in [0.15, 0.2) is 18.1 Å². The summed E-state index contributed by atoms with van der Waals surface area (Å²) >= 11 is 0. The molecule has 0 aliphatic rings. The van der Waals surface area contributed by atoms with E-state index in [9.17, 15) is 9.59 Å². The maximum absolute atomic E-state index is 13.0. The molecule has 3 aromatic carbocycles. The minimum Gasteiger partial charge on any atom is -0.493 e. The standard InChI is InChI=1S/C27H29N3O4/c1-5-30-22-9-7-6-8-20(22)21-15-19(11-12-23(21)30)29-27(32)18-10-13-24(25(14-18)33-4)34-16-26(31)28-17(2)3/h6-15,17H,5,16H2,1-4H3,(H,28,31)(H,29,32). The first-order chi connectivity index (χ1) is 16.4. The number of fused-ring (bicyclic) bond motifs is 3. The fourth-order valence-corrected chi connectivity index (χ4v) is 4.11. The number of anilines is 1. The van der Waals surface area contributed by atoms with Gasteiger partial charge in [-0.3, -0.25) is 9.59 Å². The Morgan fingerprint density at radius 2 is 1.71 bits per heavy atom. The van der Waals surface area contributed by atoms with Gasteiger partial charge in [-0.25, -0.2) is 0 Å². The summed E-state index contributed by atoms with van der Waals surface area (Å²) in [7, 11) is 1.50. The number of hydrogen-bond acceptors (Lipinski definition) is 4.